The molecular weight excluding hydrogens is 226 g/mol. The van der Waals surface area contributed by atoms with Gasteiger partial charge in [-0.2, -0.15) is 0 Å². The van der Waals surface area contributed by atoms with Crippen LogP contribution in [0.4, 0.5) is 0 Å². The summed E-state index contributed by atoms with van der Waals surface area (Å²) in [6.07, 6.45) is 4.94. The van der Waals surface area contributed by atoms with Gasteiger partial charge in [0.15, 0.2) is 0 Å². The summed E-state index contributed by atoms with van der Waals surface area (Å²) in [6, 6.07) is 0.714. The standard InChI is InChI=1S/C15H27NO2/c1-3-16-14(13-8-11(13)2)12-4-6-18-15(9-12)5-7-17-10-15/h11-14,16H,3-10H2,1-2H3. The van der Waals surface area contributed by atoms with Gasteiger partial charge in [-0.3, -0.25) is 0 Å². The maximum atomic E-state index is 6.06. The van der Waals surface area contributed by atoms with Gasteiger partial charge in [-0.05, 0) is 43.6 Å². The predicted octanol–water partition coefficient (Wildman–Crippen LogP) is 2.21. The second-order valence-electron chi connectivity index (χ2n) is 6.55. The Kier molecular flexibility index (Phi) is 3.65. The Balaban J connectivity index is 1.66. The molecule has 3 nitrogen and oxygen atoms in total. The molecule has 0 aromatic carbocycles. The molecule has 1 aliphatic carbocycles. The van der Waals surface area contributed by atoms with Crippen molar-refractivity contribution in [2.75, 3.05) is 26.4 Å². The molecule has 5 unspecified atom stereocenters. The Morgan fingerprint density at radius 2 is 2.22 bits per heavy atom. The molecule has 0 amide bonds. The molecule has 2 saturated heterocycles. The van der Waals surface area contributed by atoms with E-state index in [2.05, 4.69) is 19.2 Å². The van der Waals surface area contributed by atoms with E-state index in [1.165, 1.54) is 19.3 Å². The zero-order valence-corrected chi connectivity index (χ0v) is 11.8. The van der Waals surface area contributed by atoms with Gasteiger partial charge >= 0.3 is 0 Å². The topological polar surface area (TPSA) is 30.5 Å². The molecule has 3 heteroatoms. The lowest BCUT2D eigenvalue weighted by Gasteiger charge is -2.41. The highest BCUT2D eigenvalue weighted by Crippen LogP contribution is 2.47. The fourth-order valence-electron chi connectivity index (χ4n) is 3.99. The minimum atomic E-state index is 0.0642. The molecule has 3 rings (SSSR count). The van der Waals surface area contributed by atoms with Crippen LogP contribution in [-0.4, -0.2) is 38.0 Å². The summed E-state index contributed by atoms with van der Waals surface area (Å²) < 4.78 is 11.6. The van der Waals surface area contributed by atoms with Crippen LogP contribution in [0.5, 0.6) is 0 Å². The summed E-state index contributed by atoms with van der Waals surface area (Å²) in [5, 5.41) is 3.75. The van der Waals surface area contributed by atoms with Crippen LogP contribution < -0.4 is 5.32 Å². The Morgan fingerprint density at radius 1 is 1.39 bits per heavy atom. The molecular formula is C15H27NO2. The average molecular weight is 253 g/mol. The van der Waals surface area contributed by atoms with E-state index in [0.717, 1.165) is 50.5 Å². The first-order valence-corrected chi connectivity index (χ1v) is 7.69. The van der Waals surface area contributed by atoms with Crippen molar-refractivity contribution < 1.29 is 9.47 Å². The molecule has 104 valence electrons. The third-order valence-corrected chi connectivity index (χ3v) is 5.18. The highest BCUT2D eigenvalue weighted by atomic mass is 16.6. The lowest BCUT2D eigenvalue weighted by Crippen LogP contribution is -2.48. The van der Waals surface area contributed by atoms with Crippen LogP contribution in [0.3, 0.4) is 0 Å². The van der Waals surface area contributed by atoms with Crippen LogP contribution in [0.15, 0.2) is 0 Å². The van der Waals surface area contributed by atoms with E-state index in [0.29, 0.717) is 6.04 Å². The van der Waals surface area contributed by atoms with Gasteiger partial charge in [0.1, 0.15) is 0 Å². The first-order valence-electron chi connectivity index (χ1n) is 7.69. The van der Waals surface area contributed by atoms with Gasteiger partial charge in [0, 0.05) is 25.7 Å². The van der Waals surface area contributed by atoms with Gasteiger partial charge in [-0.1, -0.05) is 13.8 Å². The van der Waals surface area contributed by atoms with Crippen molar-refractivity contribution in [1.82, 2.24) is 5.32 Å². The highest BCUT2D eigenvalue weighted by molar-refractivity contribution is 5.00. The van der Waals surface area contributed by atoms with Crippen molar-refractivity contribution in [3.05, 3.63) is 0 Å². The molecule has 2 aliphatic heterocycles. The predicted molar refractivity (Wildman–Crippen MR) is 71.6 cm³/mol. The summed E-state index contributed by atoms with van der Waals surface area (Å²) in [5.74, 6) is 2.62. The van der Waals surface area contributed by atoms with E-state index in [1.807, 2.05) is 0 Å². The first kappa shape index (κ1) is 12.9. The van der Waals surface area contributed by atoms with E-state index >= 15 is 0 Å². The molecule has 1 spiro atoms. The average Bonchev–Trinajstić information content (AvgIpc) is 2.92. The molecule has 2 heterocycles. The lowest BCUT2D eigenvalue weighted by molar-refractivity contribution is -0.104. The Labute approximate surface area is 111 Å². The summed E-state index contributed by atoms with van der Waals surface area (Å²) in [5.41, 5.74) is 0.0642. The monoisotopic (exact) mass is 253 g/mol. The van der Waals surface area contributed by atoms with E-state index < -0.39 is 0 Å². The molecule has 5 atom stereocenters. The molecule has 3 fully saturated rings. The van der Waals surface area contributed by atoms with Crippen LogP contribution in [0, 0.1) is 17.8 Å². The fraction of sp³-hybridized carbons (Fsp3) is 1.00. The highest BCUT2D eigenvalue weighted by Gasteiger charge is 2.48. The Hall–Kier alpha value is -0.120. The third kappa shape index (κ3) is 2.45. The number of hydrogen-bond acceptors (Lipinski definition) is 3. The number of hydrogen-bond donors (Lipinski definition) is 1. The van der Waals surface area contributed by atoms with E-state index in [-0.39, 0.29) is 5.60 Å². The molecule has 0 aromatic rings. The maximum absolute atomic E-state index is 6.06. The van der Waals surface area contributed by atoms with E-state index in [9.17, 15) is 0 Å². The van der Waals surface area contributed by atoms with Crippen molar-refractivity contribution in [3.63, 3.8) is 0 Å². The summed E-state index contributed by atoms with van der Waals surface area (Å²) >= 11 is 0. The van der Waals surface area contributed by atoms with Gasteiger partial charge in [0.25, 0.3) is 0 Å². The largest absolute Gasteiger partial charge is 0.378 e. The zero-order chi connectivity index (χ0) is 12.6. The normalized spacial score (nSPS) is 45.3. The van der Waals surface area contributed by atoms with Crippen LogP contribution in [0.1, 0.15) is 39.5 Å². The van der Waals surface area contributed by atoms with Gasteiger partial charge in [-0.25, -0.2) is 0 Å². The van der Waals surface area contributed by atoms with Crippen molar-refractivity contribution >= 4 is 0 Å². The van der Waals surface area contributed by atoms with Gasteiger partial charge in [-0.15, -0.1) is 0 Å². The van der Waals surface area contributed by atoms with Crippen molar-refractivity contribution in [1.29, 1.82) is 0 Å². The van der Waals surface area contributed by atoms with E-state index in [1.54, 1.807) is 0 Å². The summed E-state index contributed by atoms with van der Waals surface area (Å²) in [7, 11) is 0. The fourth-order valence-corrected chi connectivity index (χ4v) is 3.99. The maximum Gasteiger partial charge on any atom is 0.0939 e. The zero-order valence-electron chi connectivity index (χ0n) is 11.8. The minimum absolute atomic E-state index is 0.0642. The molecule has 3 aliphatic rings. The minimum Gasteiger partial charge on any atom is -0.378 e. The molecule has 1 N–H and O–H groups in total. The molecule has 0 radical (unpaired) electrons. The SMILES string of the molecule is CCNC(C1CCOC2(CCOC2)C1)C1CC1C. The van der Waals surface area contributed by atoms with Crippen LogP contribution >= 0.6 is 0 Å². The van der Waals surface area contributed by atoms with Crippen molar-refractivity contribution in [3.8, 4) is 0 Å². The molecule has 0 aromatic heterocycles. The molecule has 1 saturated carbocycles. The van der Waals surface area contributed by atoms with E-state index in [4.69, 9.17) is 9.47 Å². The van der Waals surface area contributed by atoms with Crippen molar-refractivity contribution in [2.45, 2.75) is 51.2 Å². The smallest absolute Gasteiger partial charge is 0.0939 e. The van der Waals surface area contributed by atoms with Gasteiger partial charge in [0.05, 0.1) is 12.2 Å². The number of nitrogens with one attached hydrogen (secondary N) is 1. The van der Waals surface area contributed by atoms with Gasteiger partial charge in [0.2, 0.25) is 0 Å². The number of ether oxygens (including phenoxy) is 2. The van der Waals surface area contributed by atoms with Crippen LogP contribution in [0.25, 0.3) is 0 Å². The Morgan fingerprint density at radius 3 is 2.83 bits per heavy atom. The third-order valence-electron chi connectivity index (χ3n) is 5.18. The lowest BCUT2D eigenvalue weighted by atomic mass is 9.79. The van der Waals surface area contributed by atoms with Crippen molar-refractivity contribution in [2.24, 2.45) is 17.8 Å². The second-order valence-corrected chi connectivity index (χ2v) is 6.55. The summed E-state index contributed by atoms with van der Waals surface area (Å²) in [6.45, 7) is 8.35. The van der Waals surface area contributed by atoms with Crippen LogP contribution in [0.2, 0.25) is 0 Å². The second kappa shape index (κ2) is 5.10. The summed E-state index contributed by atoms with van der Waals surface area (Å²) in [4.78, 5) is 0. The Bertz CT molecular complexity index is 288. The quantitative estimate of drug-likeness (QED) is 0.833. The number of rotatable bonds is 4. The molecule has 18 heavy (non-hydrogen) atoms. The van der Waals surface area contributed by atoms with Crippen LogP contribution in [-0.2, 0) is 9.47 Å². The first-order chi connectivity index (χ1) is 8.74. The molecule has 0 bridgehead atoms. The van der Waals surface area contributed by atoms with Gasteiger partial charge < -0.3 is 14.8 Å².